The largest absolute Gasteiger partial charge is 0.419 e. The van der Waals surface area contributed by atoms with Crippen LogP contribution in [0.5, 0.6) is 0 Å². The molecule has 1 saturated carbocycles. The minimum absolute atomic E-state index is 0.0728. The molecule has 3 heterocycles. The molecule has 2 N–H and O–H groups in total. The zero-order valence-electron chi connectivity index (χ0n) is 15.1. The van der Waals surface area contributed by atoms with Crippen molar-refractivity contribution in [2.75, 3.05) is 5.32 Å². The van der Waals surface area contributed by atoms with Gasteiger partial charge >= 0.3 is 6.18 Å². The summed E-state index contributed by atoms with van der Waals surface area (Å²) in [6.07, 6.45) is 3.23. The summed E-state index contributed by atoms with van der Waals surface area (Å²) < 4.78 is 41.5. The summed E-state index contributed by atoms with van der Waals surface area (Å²) in [4.78, 5) is 8.07. The van der Waals surface area contributed by atoms with Crippen molar-refractivity contribution >= 4 is 11.6 Å². The van der Waals surface area contributed by atoms with E-state index in [1.807, 2.05) is 17.8 Å². The van der Waals surface area contributed by atoms with Crippen LogP contribution in [0, 0.1) is 6.92 Å². The lowest BCUT2D eigenvalue weighted by Gasteiger charge is -2.14. The number of alkyl halides is 3. The SMILES string of the molecule is Cc1c(Nc2ncc(C(F)(F)F)c(C3CC3)n2)cnn1[C@@H]1CCc2cn[nH]c21. The second kappa shape index (κ2) is 6.05. The molecule has 0 spiro atoms. The van der Waals surface area contributed by atoms with Crippen LogP contribution in [-0.2, 0) is 12.6 Å². The molecule has 3 aromatic rings. The highest BCUT2D eigenvalue weighted by atomic mass is 19.4. The molecule has 0 unspecified atom stereocenters. The van der Waals surface area contributed by atoms with Crippen LogP contribution in [0.2, 0.25) is 0 Å². The first-order chi connectivity index (χ1) is 13.4. The number of aromatic amines is 1. The van der Waals surface area contributed by atoms with Crippen molar-refractivity contribution in [2.45, 2.75) is 50.7 Å². The summed E-state index contributed by atoms with van der Waals surface area (Å²) in [6.45, 7) is 1.91. The van der Waals surface area contributed by atoms with E-state index in [-0.39, 0.29) is 23.6 Å². The lowest BCUT2D eigenvalue weighted by molar-refractivity contribution is -0.138. The van der Waals surface area contributed by atoms with E-state index in [1.165, 1.54) is 5.56 Å². The number of hydrogen-bond donors (Lipinski definition) is 2. The molecule has 1 atom stereocenters. The molecule has 1 fully saturated rings. The second-order valence-electron chi connectivity index (χ2n) is 7.34. The number of halogens is 3. The van der Waals surface area contributed by atoms with Gasteiger partial charge < -0.3 is 5.32 Å². The lowest BCUT2D eigenvalue weighted by Crippen LogP contribution is -2.13. The van der Waals surface area contributed by atoms with Crippen LogP contribution in [0.25, 0.3) is 0 Å². The van der Waals surface area contributed by atoms with E-state index in [9.17, 15) is 13.2 Å². The third-order valence-electron chi connectivity index (χ3n) is 5.45. The smallest absolute Gasteiger partial charge is 0.321 e. The molecule has 0 amide bonds. The zero-order chi connectivity index (χ0) is 19.5. The van der Waals surface area contributed by atoms with Crippen LogP contribution in [0.4, 0.5) is 24.8 Å². The first kappa shape index (κ1) is 17.2. The number of rotatable bonds is 4. The highest BCUT2D eigenvalue weighted by Gasteiger charge is 2.40. The Hall–Kier alpha value is -2.91. The molecule has 146 valence electrons. The van der Waals surface area contributed by atoms with Crippen LogP contribution in [0.3, 0.4) is 0 Å². The minimum Gasteiger partial charge on any atom is -0.321 e. The molecular weight excluding hydrogens is 371 g/mol. The molecule has 10 heteroatoms. The molecule has 0 aliphatic heterocycles. The van der Waals surface area contributed by atoms with Crippen LogP contribution in [0.15, 0.2) is 18.6 Å². The Morgan fingerprint density at radius 2 is 2.00 bits per heavy atom. The van der Waals surface area contributed by atoms with E-state index in [4.69, 9.17) is 0 Å². The van der Waals surface area contributed by atoms with Crippen molar-refractivity contribution in [3.63, 3.8) is 0 Å². The van der Waals surface area contributed by atoms with E-state index in [0.29, 0.717) is 5.69 Å². The van der Waals surface area contributed by atoms with Crippen LogP contribution < -0.4 is 5.32 Å². The number of H-pyrrole nitrogens is 1. The predicted molar refractivity (Wildman–Crippen MR) is 94.3 cm³/mol. The van der Waals surface area contributed by atoms with Crippen molar-refractivity contribution in [1.82, 2.24) is 29.9 Å². The lowest BCUT2D eigenvalue weighted by atomic mass is 10.1. The van der Waals surface area contributed by atoms with E-state index >= 15 is 0 Å². The third-order valence-corrected chi connectivity index (χ3v) is 5.45. The quantitative estimate of drug-likeness (QED) is 0.707. The van der Waals surface area contributed by atoms with Gasteiger partial charge in [-0.3, -0.25) is 9.78 Å². The number of fused-ring (bicyclic) bond motifs is 1. The van der Waals surface area contributed by atoms with Crippen molar-refractivity contribution in [3.8, 4) is 0 Å². The van der Waals surface area contributed by atoms with E-state index in [0.717, 1.165) is 43.3 Å². The number of nitrogens with one attached hydrogen (secondary N) is 2. The molecule has 0 aromatic carbocycles. The summed E-state index contributed by atoms with van der Waals surface area (Å²) in [6, 6.07) is 0.0728. The topological polar surface area (TPSA) is 84.3 Å². The third kappa shape index (κ3) is 2.83. The zero-order valence-corrected chi connectivity index (χ0v) is 15.1. The number of hydrogen-bond acceptors (Lipinski definition) is 5. The molecule has 0 radical (unpaired) electrons. The van der Waals surface area contributed by atoms with Crippen LogP contribution in [0.1, 0.15) is 59.4 Å². The Morgan fingerprint density at radius 1 is 1.18 bits per heavy atom. The first-order valence-corrected chi connectivity index (χ1v) is 9.19. The van der Waals surface area contributed by atoms with Gasteiger partial charge in [0.25, 0.3) is 0 Å². The highest BCUT2D eigenvalue weighted by molar-refractivity contribution is 5.56. The first-order valence-electron chi connectivity index (χ1n) is 9.19. The summed E-state index contributed by atoms with van der Waals surface area (Å²) in [5.74, 6) is 0.0208. The molecule has 2 aliphatic rings. The highest BCUT2D eigenvalue weighted by Crippen LogP contribution is 2.45. The summed E-state index contributed by atoms with van der Waals surface area (Å²) in [7, 11) is 0. The number of nitrogens with zero attached hydrogens (tertiary/aromatic N) is 5. The van der Waals surface area contributed by atoms with Gasteiger partial charge in [0.05, 0.1) is 46.8 Å². The van der Waals surface area contributed by atoms with Gasteiger partial charge in [-0.1, -0.05) is 0 Å². The Bertz CT molecular complexity index is 1030. The molecule has 7 nitrogen and oxygen atoms in total. The molecule has 5 rings (SSSR count). The van der Waals surface area contributed by atoms with Gasteiger partial charge in [-0.25, -0.2) is 9.97 Å². The average Bonchev–Trinajstić information content (AvgIpc) is 3.11. The molecule has 2 aliphatic carbocycles. The maximum absolute atomic E-state index is 13.2. The Labute approximate surface area is 158 Å². The fourth-order valence-corrected chi connectivity index (χ4v) is 3.81. The molecule has 3 aromatic heterocycles. The predicted octanol–water partition coefficient (Wildman–Crippen LogP) is 3.88. The summed E-state index contributed by atoms with van der Waals surface area (Å²) in [5.41, 5.74) is 3.12. The van der Waals surface area contributed by atoms with Crippen molar-refractivity contribution in [2.24, 2.45) is 0 Å². The van der Waals surface area contributed by atoms with Gasteiger partial charge in [-0.15, -0.1) is 0 Å². The Balaban J connectivity index is 1.43. The van der Waals surface area contributed by atoms with Gasteiger partial charge in [-0.05, 0) is 38.2 Å². The summed E-state index contributed by atoms with van der Waals surface area (Å²) >= 11 is 0. The molecule has 28 heavy (non-hydrogen) atoms. The molecular formula is C18H18F3N7. The maximum Gasteiger partial charge on any atom is 0.419 e. The maximum atomic E-state index is 13.2. The van der Waals surface area contributed by atoms with Gasteiger partial charge in [0.1, 0.15) is 0 Å². The van der Waals surface area contributed by atoms with Crippen molar-refractivity contribution in [1.29, 1.82) is 0 Å². The Kier molecular flexibility index (Phi) is 3.72. The van der Waals surface area contributed by atoms with Crippen molar-refractivity contribution < 1.29 is 13.2 Å². The van der Waals surface area contributed by atoms with Crippen LogP contribution >= 0.6 is 0 Å². The number of aromatic nitrogens is 6. The molecule has 0 saturated heterocycles. The van der Waals surface area contributed by atoms with Gasteiger partial charge in [0.15, 0.2) is 0 Å². The molecule has 0 bridgehead atoms. The van der Waals surface area contributed by atoms with Gasteiger partial charge in [0.2, 0.25) is 5.95 Å². The van der Waals surface area contributed by atoms with Gasteiger partial charge in [0, 0.05) is 12.1 Å². The Morgan fingerprint density at radius 3 is 2.75 bits per heavy atom. The standard InChI is InChI=1S/C18H18F3N7/c1-9-13(8-24-28(9)14-5-4-11-6-23-27-16(11)14)25-17-22-7-12(18(19,20)21)15(26-17)10-2-3-10/h6-8,10,14H,2-5H2,1H3,(H,23,27)(H,22,25,26)/t14-/m1/s1. The van der Waals surface area contributed by atoms with Gasteiger partial charge in [-0.2, -0.15) is 23.4 Å². The normalized spacial score (nSPS) is 19.1. The van der Waals surface area contributed by atoms with Crippen molar-refractivity contribution in [3.05, 3.63) is 46.8 Å². The minimum atomic E-state index is -4.44. The monoisotopic (exact) mass is 389 g/mol. The fraction of sp³-hybridized carbons (Fsp3) is 0.444. The van der Waals surface area contributed by atoms with E-state index in [2.05, 4.69) is 30.6 Å². The summed E-state index contributed by atoms with van der Waals surface area (Å²) in [5, 5.41) is 14.6. The number of anilines is 2. The fourth-order valence-electron chi connectivity index (χ4n) is 3.81. The van der Waals surface area contributed by atoms with Crippen LogP contribution in [-0.4, -0.2) is 29.9 Å². The number of aryl methyl sites for hydroxylation is 1. The second-order valence-corrected chi connectivity index (χ2v) is 7.34. The van der Waals surface area contributed by atoms with E-state index in [1.54, 1.807) is 6.20 Å². The van der Waals surface area contributed by atoms with E-state index < -0.39 is 11.7 Å². The average molecular weight is 389 g/mol.